The van der Waals surface area contributed by atoms with Gasteiger partial charge >= 0.3 is 0 Å². The molecule has 5 nitrogen and oxygen atoms in total. The zero-order valence-electron chi connectivity index (χ0n) is 13.5. The first-order valence-corrected chi connectivity index (χ1v) is 7.42. The monoisotopic (exact) mass is 293 g/mol. The van der Waals surface area contributed by atoms with E-state index in [1.54, 1.807) is 13.2 Å². The number of nitrogens with two attached hydrogens (primary N) is 1. The number of rotatable bonds is 8. The lowest BCUT2D eigenvalue weighted by Gasteiger charge is -2.24. The van der Waals surface area contributed by atoms with E-state index in [9.17, 15) is 0 Å². The van der Waals surface area contributed by atoms with Crippen molar-refractivity contribution < 1.29 is 9.94 Å². The largest absolute Gasteiger partial charge is 0.496 e. The summed E-state index contributed by atoms with van der Waals surface area (Å²) < 4.78 is 5.42. The summed E-state index contributed by atoms with van der Waals surface area (Å²) in [5, 5.41) is 11.9. The van der Waals surface area contributed by atoms with Crippen LogP contribution in [0.1, 0.15) is 38.3 Å². The van der Waals surface area contributed by atoms with E-state index in [4.69, 9.17) is 15.7 Å². The minimum Gasteiger partial charge on any atom is -0.496 e. The number of nitrogens with zero attached hydrogens (tertiary/aromatic N) is 2. The van der Waals surface area contributed by atoms with Crippen LogP contribution in [0.4, 0.5) is 0 Å². The maximum absolute atomic E-state index is 8.81. The molecule has 0 spiro atoms. The molecular weight excluding hydrogens is 266 g/mol. The molecule has 1 rings (SSSR count). The number of oxime groups is 1. The molecule has 0 aliphatic carbocycles. The average Bonchev–Trinajstić information content (AvgIpc) is 2.52. The van der Waals surface area contributed by atoms with Gasteiger partial charge in [0.05, 0.1) is 7.11 Å². The molecule has 0 aliphatic heterocycles. The van der Waals surface area contributed by atoms with E-state index in [1.807, 2.05) is 12.1 Å². The van der Waals surface area contributed by atoms with Crippen LogP contribution in [0.2, 0.25) is 0 Å². The summed E-state index contributed by atoms with van der Waals surface area (Å²) in [6.45, 7) is 9.43. The minimum atomic E-state index is 0.115. The highest BCUT2D eigenvalue weighted by atomic mass is 16.5. The third-order valence-electron chi connectivity index (χ3n) is 3.79. The molecule has 5 heteroatoms. The third kappa shape index (κ3) is 4.93. The van der Waals surface area contributed by atoms with Gasteiger partial charge in [-0.05, 0) is 30.7 Å². The summed E-state index contributed by atoms with van der Waals surface area (Å²) in [7, 11) is 1.66. The zero-order chi connectivity index (χ0) is 15.8. The fourth-order valence-corrected chi connectivity index (χ4v) is 2.24. The lowest BCUT2D eigenvalue weighted by Crippen LogP contribution is -2.28. The van der Waals surface area contributed by atoms with E-state index in [-0.39, 0.29) is 5.84 Å². The standard InChI is InChI=1S/C16H27N3O2/c1-5-12(3)10-19(6-2)11-14-9-13(16(17)18-20)7-8-15(14)21-4/h7-9,12,20H,5-6,10-11H2,1-4H3,(H2,17,18). The van der Waals surface area contributed by atoms with Crippen LogP contribution in [0.5, 0.6) is 5.75 Å². The fraction of sp³-hybridized carbons (Fsp3) is 0.562. The Kier molecular flexibility index (Phi) is 7.02. The summed E-state index contributed by atoms with van der Waals surface area (Å²) >= 11 is 0. The van der Waals surface area contributed by atoms with Crippen molar-refractivity contribution in [1.29, 1.82) is 0 Å². The van der Waals surface area contributed by atoms with Crippen molar-refractivity contribution in [1.82, 2.24) is 4.90 Å². The van der Waals surface area contributed by atoms with Gasteiger partial charge in [0, 0.05) is 24.2 Å². The number of benzene rings is 1. The molecular formula is C16H27N3O2. The molecule has 0 saturated carbocycles. The molecule has 21 heavy (non-hydrogen) atoms. The predicted molar refractivity (Wildman–Crippen MR) is 85.9 cm³/mol. The number of hydrogen-bond acceptors (Lipinski definition) is 4. The Hall–Kier alpha value is -1.75. The molecule has 0 bridgehead atoms. The highest BCUT2D eigenvalue weighted by Gasteiger charge is 2.13. The van der Waals surface area contributed by atoms with Crippen LogP contribution in [0.15, 0.2) is 23.4 Å². The molecule has 0 heterocycles. The number of amidine groups is 1. The summed E-state index contributed by atoms with van der Waals surface area (Å²) in [4.78, 5) is 2.38. The second-order valence-electron chi connectivity index (χ2n) is 5.35. The lowest BCUT2D eigenvalue weighted by molar-refractivity contribution is 0.235. The minimum absolute atomic E-state index is 0.115. The lowest BCUT2D eigenvalue weighted by atomic mass is 10.1. The van der Waals surface area contributed by atoms with E-state index in [0.717, 1.165) is 37.4 Å². The van der Waals surface area contributed by atoms with E-state index in [0.29, 0.717) is 11.5 Å². The van der Waals surface area contributed by atoms with Crippen molar-refractivity contribution in [3.05, 3.63) is 29.3 Å². The van der Waals surface area contributed by atoms with Crippen LogP contribution in [-0.4, -0.2) is 36.1 Å². The molecule has 0 saturated heterocycles. The zero-order valence-corrected chi connectivity index (χ0v) is 13.5. The van der Waals surface area contributed by atoms with Gasteiger partial charge in [-0.15, -0.1) is 0 Å². The Morgan fingerprint density at radius 1 is 1.43 bits per heavy atom. The highest BCUT2D eigenvalue weighted by Crippen LogP contribution is 2.22. The maximum Gasteiger partial charge on any atom is 0.170 e. The molecule has 0 fully saturated rings. The van der Waals surface area contributed by atoms with Crippen molar-refractivity contribution in [2.75, 3.05) is 20.2 Å². The van der Waals surface area contributed by atoms with Crippen LogP contribution in [0.25, 0.3) is 0 Å². The van der Waals surface area contributed by atoms with Crippen molar-refractivity contribution >= 4 is 5.84 Å². The van der Waals surface area contributed by atoms with Gasteiger partial charge in [0.1, 0.15) is 5.75 Å². The molecule has 0 aromatic heterocycles. The van der Waals surface area contributed by atoms with Crippen molar-refractivity contribution in [2.24, 2.45) is 16.8 Å². The molecule has 118 valence electrons. The van der Waals surface area contributed by atoms with Gasteiger partial charge in [0.25, 0.3) is 0 Å². The summed E-state index contributed by atoms with van der Waals surface area (Å²) in [6.07, 6.45) is 1.16. The summed E-state index contributed by atoms with van der Waals surface area (Å²) in [5.74, 6) is 1.60. The second-order valence-corrected chi connectivity index (χ2v) is 5.35. The summed E-state index contributed by atoms with van der Waals surface area (Å²) in [6, 6.07) is 5.58. The average molecular weight is 293 g/mol. The van der Waals surface area contributed by atoms with Gasteiger partial charge in [0.15, 0.2) is 5.84 Å². The molecule has 0 amide bonds. The molecule has 3 N–H and O–H groups in total. The normalized spacial score (nSPS) is 13.5. The van der Waals surface area contributed by atoms with Crippen LogP contribution in [-0.2, 0) is 6.54 Å². The van der Waals surface area contributed by atoms with Crippen LogP contribution >= 0.6 is 0 Å². The number of hydrogen-bond donors (Lipinski definition) is 2. The Balaban J connectivity index is 2.97. The summed E-state index contributed by atoms with van der Waals surface area (Å²) in [5.41, 5.74) is 7.42. The van der Waals surface area contributed by atoms with Crippen molar-refractivity contribution in [2.45, 2.75) is 33.7 Å². The highest BCUT2D eigenvalue weighted by molar-refractivity contribution is 5.97. The van der Waals surface area contributed by atoms with E-state index < -0.39 is 0 Å². The van der Waals surface area contributed by atoms with Gasteiger partial charge in [-0.25, -0.2) is 0 Å². The van der Waals surface area contributed by atoms with Gasteiger partial charge in [-0.3, -0.25) is 4.90 Å². The van der Waals surface area contributed by atoms with Crippen LogP contribution < -0.4 is 10.5 Å². The topological polar surface area (TPSA) is 71.1 Å². The van der Waals surface area contributed by atoms with Crippen molar-refractivity contribution in [3.63, 3.8) is 0 Å². The van der Waals surface area contributed by atoms with Crippen molar-refractivity contribution in [3.8, 4) is 5.75 Å². The van der Waals surface area contributed by atoms with Gasteiger partial charge in [-0.1, -0.05) is 32.3 Å². The van der Waals surface area contributed by atoms with Gasteiger partial charge in [0.2, 0.25) is 0 Å². The second kappa shape index (κ2) is 8.52. The van der Waals surface area contributed by atoms with Gasteiger partial charge < -0.3 is 15.7 Å². The van der Waals surface area contributed by atoms with Crippen LogP contribution in [0, 0.1) is 5.92 Å². The molecule has 0 aliphatic rings. The quantitative estimate of drug-likeness (QED) is 0.334. The Morgan fingerprint density at radius 3 is 2.67 bits per heavy atom. The van der Waals surface area contributed by atoms with Gasteiger partial charge in [-0.2, -0.15) is 0 Å². The molecule has 0 radical (unpaired) electrons. The first-order chi connectivity index (χ1) is 10.0. The maximum atomic E-state index is 8.81. The smallest absolute Gasteiger partial charge is 0.170 e. The fourth-order valence-electron chi connectivity index (χ4n) is 2.24. The molecule has 1 atom stereocenters. The Labute approximate surface area is 127 Å². The Bertz CT molecular complexity index is 475. The molecule has 1 unspecified atom stereocenters. The third-order valence-corrected chi connectivity index (χ3v) is 3.79. The van der Waals surface area contributed by atoms with E-state index >= 15 is 0 Å². The SMILES string of the molecule is CCC(C)CN(CC)Cc1cc(/C(N)=N/O)ccc1OC. The van der Waals surface area contributed by atoms with E-state index in [2.05, 4.69) is 30.8 Å². The first-order valence-electron chi connectivity index (χ1n) is 7.42. The molecule has 1 aromatic rings. The number of methoxy groups -OCH3 is 1. The number of ether oxygens (including phenoxy) is 1. The van der Waals surface area contributed by atoms with Crippen LogP contribution in [0.3, 0.4) is 0 Å². The Morgan fingerprint density at radius 2 is 2.14 bits per heavy atom. The van der Waals surface area contributed by atoms with E-state index in [1.165, 1.54) is 0 Å². The predicted octanol–water partition coefficient (Wildman–Crippen LogP) is 2.66. The first kappa shape index (κ1) is 17.3. The molecule has 1 aromatic carbocycles.